The molecule has 136 valence electrons. The molecule has 3 aromatic carbocycles. The number of pyridine rings is 2. The van der Waals surface area contributed by atoms with Crippen molar-refractivity contribution in [3.05, 3.63) is 96.8 Å². The number of aromatic nitrogens is 2. The fourth-order valence-electron chi connectivity index (χ4n) is 3.65. The van der Waals surface area contributed by atoms with Crippen LogP contribution in [0.1, 0.15) is 10.4 Å². The number of carbonyl (C=O) groups excluding carboxylic acids is 1. The van der Waals surface area contributed by atoms with Crippen molar-refractivity contribution in [2.75, 3.05) is 0 Å². The zero-order valence-electron chi connectivity index (χ0n) is 15.0. The number of halogens is 1. The Kier molecular flexibility index (Phi) is 4.88. The number of hydrogen-bond acceptors (Lipinski definition) is 2. The van der Waals surface area contributed by atoms with Gasteiger partial charge < -0.3 is 17.0 Å². The minimum absolute atomic E-state index is 0. The molecule has 4 heteroatoms. The van der Waals surface area contributed by atoms with Gasteiger partial charge in [0.15, 0.2) is 6.20 Å². The summed E-state index contributed by atoms with van der Waals surface area (Å²) in [6.45, 7) is 0.283. The van der Waals surface area contributed by atoms with E-state index in [9.17, 15) is 4.79 Å². The summed E-state index contributed by atoms with van der Waals surface area (Å²) in [7, 11) is 0. The molecular formula is C24H17BrN2O. The van der Waals surface area contributed by atoms with E-state index in [4.69, 9.17) is 0 Å². The first kappa shape index (κ1) is 18.3. The SMILES string of the molecule is O=C(C[n+]1cccc2ccc3cccnc3c21)c1ccc2ccccc2c1.[Br-]. The van der Waals surface area contributed by atoms with Crippen molar-refractivity contribution in [2.24, 2.45) is 0 Å². The summed E-state index contributed by atoms with van der Waals surface area (Å²) in [5.74, 6) is 0.0891. The molecule has 0 N–H and O–H groups in total. The van der Waals surface area contributed by atoms with Gasteiger partial charge >= 0.3 is 0 Å². The summed E-state index contributed by atoms with van der Waals surface area (Å²) in [6, 6.07) is 26.1. The van der Waals surface area contributed by atoms with Crippen LogP contribution >= 0.6 is 0 Å². The minimum Gasteiger partial charge on any atom is -1.00 e. The molecule has 0 aliphatic carbocycles. The van der Waals surface area contributed by atoms with E-state index in [2.05, 4.69) is 29.2 Å². The predicted octanol–water partition coefficient (Wildman–Crippen LogP) is 1.72. The Morgan fingerprint density at radius 3 is 2.39 bits per heavy atom. The maximum absolute atomic E-state index is 13.0. The lowest BCUT2D eigenvalue weighted by atomic mass is 10.0. The van der Waals surface area contributed by atoms with Gasteiger partial charge in [0.2, 0.25) is 17.8 Å². The van der Waals surface area contributed by atoms with Crippen molar-refractivity contribution in [1.82, 2.24) is 4.98 Å². The molecule has 5 rings (SSSR count). The third-order valence-corrected chi connectivity index (χ3v) is 4.99. The Bertz CT molecular complexity index is 1330. The molecule has 0 saturated carbocycles. The highest BCUT2D eigenvalue weighted by atomic mass is 79.9. The van der Waals surface area contributed by atoms with E-state index < -0.39 is 0 Å². The highest BCUT2D eigenvalue weighted by Crippen LogP contribution is 2.21. The maximum atomic E-state index is 13.0. The van der Waals surface area contributed by atoms with Gasteiger partial charge in [-0.25, -0.2) is 4.98 Å². The van der Waals surface area contributed by atoms with Gasteiger partial charge in [0.1, 0.15) is 5.52 Å². The van der Waals surface area contributed by atoms with Crippen molar-refractivity contribution in [1.29, 1.82) is 0 Å². The molecule has 0 fully saturated rings. The van der Waals surface area contributed by atoms with E-state index in [1.54, 1.807) is 6.20 Å². The molecule has 0 spiro atoms. The van der Waals surface area contributed by atoms with Gasteiger partial charge in [-0.15, -0.1) is 0 Å². The van der Waals surface area contributed by atoms with Crippen molar-refractivity contribution >= 4 is 38.4 Å². The van der Waals surface area contributed by atoms with Crippen molar-refractivity contribution < 1.29 is 26.3 Å². The summed E-state index contributed by atoms with van der Waals surface area (Å²) >= 11 is 0. The van der Waals surface area contributed by atoms with E-state index >= 15 is 0 Å². The van der Waals surface area contributed by atoms with Crippen LogP contribution in [0.25, 0.3) is 32.6 Å². The van der Waals surface area contributed by atoms with Crippen LogP contribution < -0.4 is 21.5 Å². The number of hydrogen-bond donors (Lipinski definition) is 0. The number of benzene rings is 3. The third kappa shape index (κ3) is 3.16. The molecule has 0 unspecified atom stereocenters. The Labute approximate surface area is 173 Å². The summed E-state index contributed by atoms with van der Waals surface area (Å²) in [5, 5.41) is 4.37. The van der Waals surface area contributed by atoms with Gasteiger partial charge in [-0.1, -0.05) is 48.5 Å². The lowest BCUT2D eigenvalue weighted by Gasteiger charge is -2.05. The first-order valence-electron chi connectivity index (χ1n) is 8.97. The minimum atomic E-state index is 0. The zero-order chi connectivity index (χ0) is 18.2. The van der Waals surface area contributed by atoms with Gasteiger partial charge in [0.05, 0.1) is 0 Å². The van der Waals surface area contributed by atoms with Crippen LogP contribution in [-0.2, 0) is 6.54 Å². The Hall–Kier alpha value is -3.11. The molecule has 3 nitrogen and oxygen atoms in total. The van der Waals surface area contributed by atoms with Crippen LogP contribution in [0.5, 0.6) is 0 Å². The number of nitrogens with zero attached hydrogens (tertiary/aromatic N) is 2. The fraction of sp³-hybridized carbons (Fsp3) is 0.0417. The molecule has 0 amide bonds. The zero-order valence-corrected chi connectivity index (χ0v) is 16.6. The van der Waals surface area contributed by atoms with Crippen LogP contribution in [-0.4, -0.2) is 10.8 Å². The maximum Gasteiger partial charge on any atom is 0.239 e. The molecule has 28 heavy (non-hydrogen) atoms. The summed E-state index contributed by atoms with van der Waals surface area (Å²) < 4.78 is 2.00. The van der Waals surface area contributed by atoms with Crippen molar-refractivity contribution in [2.45, 2.75) is 6.54 Å². The van der Waals surface area contributed by atoms with Gasteiger partial charge in [-0.3, -0.25) is 4.79 Å². The Morgan fingerprint density at radius 1 is 0.786 bits per heavy atom. The summed E-state index contributed by atoms with van der Waals surface area (Å²) in [5.41, 5.74) is 2.64. The summed E-state index contributed by atoms with van der Waals surface area (Å²) in [6.07, 6.45) is 3.75. The second-order valence-electron chi connectivity index (χ2n) is 6.70. The van der Waals surface area contributed by atoms with Gasteiger partial charge in [-0.05, 0) is 35.0 Å². The number of carbonyl (C=O) groups is 1. The lowest BCUT2D eigenvalue weighted by molar-refractivity contribution is -0.656. The molecule has 0 radical (unpaired) electrons. The quantitative estimate of drug-likeness (QED) is 0.249. The largest absolute Gasteiger partial charge is 1.00 e. The standard InChI is InChI=1S/C24H17N2O.BrH/c27-22(21-12-9-17-5-1-2-6-20(17)15-21)16-26-14-4-8-19-11-10-18-7-3-13-25-23(18)24(19)26;/h1-15H,16H2;1H/q+1;/p-1. The van der Waals surface area contributed by atoms with Crippen LogP contribution in [0.2, 0.25) is 0 Å². The molecule has 2 aromatic heterocycles. The molecule has 0 bridgehead atoms. The van der Waals surface area contributed by atoms with Crippen LogP contribution in [0.3, 0.4) is 0 Å². The monoisotopic (exact) mass is 428 g/mol. The van der Waals surface area contributed by atoms with E-state index in [-0.39, 0.29) is 29.3 Å². The smallest absolute Gasteiger partial charge is 0.239 e. The van der Waals surface area contributed by atoms with E-state index in [0.717, 1.165) is 38.1 Å². The molecule has 5 aromatic rings. The number of fused-ring (bicyclic) bond motifs is 4. The second kappa shape index (κ2) is 7.49. The topological polar surface area (TPSA) is 33.8 Å². The van der Waals surface area contributed by atoms with E-state index in [1.165, 1.54) is 0 Å². The number of ketones is 1. The summed E-state index contributed by atoms with van der Waals surface area (Å²) in [4.78, 5) is 17.6. The first-order valence-corrected chi connectivity index (χ1v) is 8.97. The predicted molar refractivity (Wildman–Crippen MR) is 108 cm³/mol. The van der Waals surface area contributed by atoms with Crippen LogP contribution in [0, 0.1) is 0 Å². The van der Waals surface area contributed by atoms with E-state index in [0.29, 0.717) is 0 Å². The molecular weight excluding hydrogens is 412 g/mol. The van der Waals surface area contributed by atoms with Crippen molar-refractivity contribution in [3.8, 4) is 0 Å². The number of Topliss-reactive ketones (excluding diaryl/α,β-unsaturated/α-hetero) is 1. The average molecular weight is 429 g/mol. The second-order valence-corrected chi connectivity index (χ2v) is 6.70. The van der Waals surface area contributed by atoms with Gasteiger partial charge in [-0.2, -0.15) is 4.57 Å². The number of rotatable bonds is 3. The molecule has 0 saturated heterocycles. The first-order chi connectivity index (χ1) is 13.3. The lowest BCUT2D eigenvalue weighted by Crippen LogP contribution is -3.00. The molecule has 0 aliphatic heterocycles. The normalized spacial score (nSPS) is 10.9. The molecule has 0 atom stereocenters. The van der Waals surface area contributed by atoms with Crippen LogP contribution in [0.15, 0.2) is 91.3 Å². The van der Waals surface area contributed by atoms with E-state index in [1.807, 2.05) is 65.4 Å². The highest BCUT2D eigenvalue weighted by molar-refractivity contribution is 6.02. The Balaban J connectivity index is 0.00000192. The van der Waals surface area contributed by atoms with Gasteiger partial charge in [0, 0.05) is 28.6 Å². The fourth-order valence-corrected chi connectivity index (χ4v) is 3.65. The van der Waals surface area contributed by atoms with Gasteiger partial charge in [0.25, 0.3) is 0 Å². The molecule has 0 aliphatic rings. The Morgan fingerprint density at radius 2 is 1.50 bits per heavy atom. The highest BCUT2D eigenvalue weighted by Gasteiger charge is 2.18. The molecule has 2 heterocycles. The third-order valence-electron chi connectivity index (χ3n) is 4.99. The van der Waals surface area contributed by atoms with Crippen molar-refractivity contribution in [3.63, 3.8) is 0 Å². The van der Waals surface area contributed by atoms with Crippen LogP contribution in [0.4, 0.5) is 0 Å². The average Bonchev–Trinajstić information content (AvgIpc) is 2.73.